The molecule has 0 spiro atoms. The number of anilines is 1. The fourth-order valence-electron chi connectivity index (χ4n) is 2.51. The highest BCUT2D eigenvalue weighted by Crippen LogP contribution is 2.24. The van der Waals surface area contributed by atoms with E-state index in [4.69, 9.17) is 15.9 Å². The van der Waals surface area contributed by atoms with E-state index in [0.29, 0.717) is 6.10 Å². The maximum Gasteiger partial charge on any atom is 0.124 e. The number of nitrogens with zero attached hydrogens (tertiary/aromatic N) is 1. The van der Waals surface area contributed by atoms with E-state index in [1.807, 2.05) is 31.2 Å². The topological polar surface area (TPSA) is 62.3 Å². The molecule has 1 aromatic rings. The summed E-state index contributed by atoms with van der Waals surface area (Å²) in [5.41, 5.74) is 7.50. The molecular formula is C14H21N3O. The maximum atomic E-state index is 7.65. The number of nitrogen functional groups attached to an aromatic ring is 1. The molecule has 0 radical (unpaired) electrons. The van der Waals surface area contributed by atoms with Gasteiger partial charge >= 0.3 is 0 Å². The monoisotopic (exact) mass is 247 g/mol. The standard InChI is InChI=1S/C14H21N3O/c1-2-18-11-6-5-9-17(10-11)13-8-4-3-7-12(13)14(15)16/h3-4,7-8,11H,2,5-6,9-10H2,1H3,(H3,15,16). The van der Waals surface area contributed by atoms with Gasteiger partial charge in [0.1, 0.15) is 5.84 Å². The van der Waals surface area contributed by atoms with Crippen molar-refractivity contribution in [3.05, 3.63) is 29.8 Å². The molecule has 1 aliphatic heterocycles. The summed E-state index contributed by atoms with van der Waals surface area (Å²) in [6.45, 7) is 4.68. The zero-order chi connectivity index (χ0) is 13.0. The molecule has 4 heteroatoms. The molecule has 18 heavy (non-hydrogen) atoms. The summed E-state index contributed by atoms with van der Waals surface area (Å²) >= 11 is 0. The van der Waals surface area contributed by atoms with Crippen molar-refractivity contribution in [3.8, 4) is 0 Å². The molecule has 1 atom stereocenters. The minimum atomic E-state index is 0.129. The third-order valence-corrected chi connectivity index (χ3v) is 3.32. The average Bonchev–Trinajstić information content (AvgIpc) is 2.39. The fraction of sp³-hybridized carbons (Fsp3) is 0.500. The van der Waals surface area contributed by atoms with E-state index in [0.717, 1.165) is 43.8 Å². The molecule has 2 rings (SSSR count). The first-order valence-corrected chi connectivity index (χ1v) is 6.52. The summed E-state index contributed by atoms with van der Waals surface area (Å²) in [4.78, 5) is 2.28. The van der Waals surface area contributed by atoms with Crippen LogP contribution in [0.4, 0.5) is 5.69 Å². The maximum absolute atomic E-state index is 7.65. The zero-order valence-corrected chi connectivity index (χ0v) is 10.9. The predicted octanol–water partition coefficient (Wildman–Crippen LogP) is 1.98. The number of piperidine rings is 1. The van der Waals surface area contributed by atoms with E-state index in [2.05, 4.69) is 4.90 Å². The number of amidine groups is 1. The molecule has 4 nitrogen and oxygen atoms in total. The van der Waals surface area contributed by atoms with Gasteiger partial charge in [-0.1, -0.05) is 12.1 Å². The smallest absolute Gasteiger partial charge is 0.124 e. The summed E-state index contributed by atoms with van der Waals surface area (Å²) in [5, 5.41) is 7.65. The van der Waals surface area contributed by atoms with Crippen molar-refractivity contribution < 1.29 is 4.74 Å². The highest BCUT2D eigenvalue weighted by molar-refractivity contribution is 6.00. The van der Waals surface area contributed by atoms with Crippen molar-refractivity contribution >= 4 is 11.5 Å². The molecule has 0 bridgehead atoms. The van der Waals surface area contributed by atoms with Gasteiger partial charge in [-0.3, -0.25) is 5.41 Å². The van der Waals surface area contributed by atoms with Crippen LogP contribution in [0.2, 0.25) is 0 Å². The van der Waals surface area contributed by atoms with Crippen LogP contribution >= 0.6 is 0 Å². The van der Waals surface area contributed by atoms with Gasteiger partial charge in [-0.2, -0.15) is 0 Å². The molecule has 1 aromatic carbocycles. The Morgan fingerprint density at radius 1 is 1.50 bits per heavy atom. The Bertz CT molecular complexity index is 417. The van der Waals surface area contributed by atoms with E-state index in [-0.39, 0.29) is 5.84 Å². The van der Waals surface area contributed by atoms with Gasteiger partial charge in [0.05, 0.1) is 6.10 Å². The van der Waals surface area contributed by atoms with Crippen LogP contribution < -0.4 is 10.6 Å². The van der Waals surface area contributed by atoms with Gasteiger partial charge in [-0.15, -0.1) is 0 Å². The lowest BCUT2D eigenvalue weighted by atomic mass is 10.0. The number of rotatable bonds is 4. The normalized spacial score (nSPS) is 19.8. The van der Waals surface area contributed by atoms with Crippen molar-refractivity contribution in [3.63, 3.8) is 0 Å². The van der Waals surface area contributed by atoms with E-state index < -0.39 is 0 Å². The lowest BCUT2D eigenvalue weighted by Gasteiger charge is -2.35. The molecule has 0 saturated carbocycles. The summed E-state index contributed by atoms with van der Waals surface area (Å²) in [6, 6.07) is 7.85. The number of ether oxygens (including phenoxy) is 1. The van der Waals surface area contributed by atoms with E-state index in [1.54, 1.807) is 0 Å². The van der Waals surface area contributed by atoms with Crippen LogP contribution in [0.25, 0.3) is 0 Å². The Balaban J connectivity index is 2.18. The Labute approximate surface area is 108 Å². The number of para-hydroxylation sites is 1. The third-order valence-electron chi connectivity index (χ3n) is 3.32. The van der Waals surface area contributed by atoms with Gasteiger partial charge in [0, 0.05) is 30.9 Å². The van der Waals surface area contributed by atoms with Crippen molar-refractivity contribution in [1.29, 1.82) is 5.41 Å². The van der Waals surface area contributed by atoms with Crippen LogP contribution in [-0.4, -0.2) is 31.6 Å². The Morgan fingerprint density at radius 3 is 3.00 bits per heavy atom. The summed E-state index contributed by atoms with van der Waals surface area (Å²) < 4.78 is 5.71. The van der Waals surface area contributed by atoms with Crippen LogP contribution in [0, 0.1) is 5.41 Å². The molecule has 1 aliphatic rings. The third kappa shape index (κ3) is 2.82. The molecule has 1 unspecified atom stereocenters. The second-order valence-corrected chi connectivity index (χ2v) is 4.60. The minimum absolute atomic E-state index is 0.129. The van der Waals surface area contributed by atoms with Gasteiger partial charge in [0.25, 0.3) is 0 Å². The SMILES string of the molecule is CCOC1CCCN(c2ccccc2C(=N)N)C1. The first kappa shape index (κ1) is 12.9. The zero-order valence-electron chi connectivity index (χ0n) is 10.9. The summed E-state index contributed by atoms with van der Waals surface area (Å²) in [6.07, 6.45) is 2.53. The molecule has 3 N–H and O–H groups in total. The van der Waals surface area contributed by atoms with Gasteiger partial charge < -0.3 is 15.4 Å². The fourth-order valence-corrected chi connectivity index (χ4v) is 2.51. The van der Waals surface area contributed by atoms with Gasteiger partial charge in [0.2, 0.25) is 0 Å². The number of hydrogen-bond acceptors (Lipinski definition) is 3. The second-order valence-electron chi connectivity index (χ2n) is 4.60. The highest BCUT2D eigenvalue weighted by atomic mass is 16.5. The first-order valence-electron chi connectivity index (χ1n) is 6.52. The van der Waals surface area contributed by atoms with Crippen LogP contribution in [0.5, 0.6) is 0 Å². The Hall–Kier alpha value is -1.55. The minimum Gasteiger partial charge on any atom is -0.384 e. The molecule has 0 aliphatic carbocycles. The Kier molecular flexibility index (Phi) is 4.20. The van der Waals surface area contributed by atoms with Crippen LogP contribution in [0.1, 0.15) is 25.3 Å². The molecule has 0 amide bonds. The lowest BCUT2D eigenvalue weighted by molar-refractivity contribution is 0.0526. The first-order chi connectivity index (χ1) is 8.72. The van der Waals surface area contributed by atoms with E-state index >= 15 is 0 Å². The summed E-state index contributed by atoms with van der Waals surface area (Å²) in [7, 11) is 0. The van der Waals surface area contributed by atoms with E-state index in [9.17, 15) is 0 Å². The molecule has 0 aromatic heterocycles. The number of benzene rings is 1. The van der Waals surface area contributed by atoms with Gasteiger partial charge in [-0.05, 0) is 31.9 Å². The van der Waals surface area contributed by atoms with Crippen molar-refractivity contribution in [2.75, 3.05) is 24.6 Å². The van der Waals surface area contributed by atoms with Crippen LogP contribution in [-0.2, 0) is 4.74 Å². The van der Waals surface area contributed by atoms with Gasteiger partial charge in [0.15, 0.2) is 0 Å². The van der Waals surface area contributed by atoms with Gasteiger partial charge in [-0.25, -0.2) is 0 Å². The van der Waals surface area contributed by atoms with E-state index in [1.165, 1.54) is 0 Å². The van der Waals surface area contributed by atoms with Crippen molar-refractivity contribution in [2.24, 2.45) is 5.73 Å². The highest BCUT2D eigenvalue weighted by Gasteiger charge is 2.22. The van der Waals surface area contributed by atoms with Crippen molar-refractivity contribution in [2.45, 2.75) is 25.9 Å². The quantitative estimate of drug-likeness (QED) is 0.631. The number of nitrogens with two attached hydrogens (primary N) is 1. The average molecular weight is 247 g/mol. The lowest BCUT2D eigenvalue weighted by Crippen LogP contribution is -2.40. The molecule has 1 heterocycles. The van der Waals surface area contributed by atoms with Crippen LogP contribution in [0.3, 0.4) is 0 Å². The molecule has 1 saturated heterocycles. The molecule has 1 fully saturated rings. The molecule has 98 valence electrons. The largest absolute Gasteiger partial charge is 0.384 e. The summed E-state index contributed by atoms with van der Waals surface area (Å²) in [5.74, 6) is 0.129. The Morgan fingerprint density at radius 2 is 2.28 bits per heavy atom. The predicted molar refractivity (Wildman–Crippen MR) is 74.3 cm³/mol. The van der Waals surface area contributed by atoms with Crippen LogP contribution in [0.15, 0.2) is 24.3 Å². The number of nitrogens with one attached hydrogen (secondary N) is 1. The molecular weight excluding hydrogens is 226 g/mol. The number of hydrogen-bond donors (Lipinski definition) is 2. The second kappa shape index (κ2) is 5.87. The van der Waals surface area contributed by atoms with Crippen molar-refractivity contribution in [1.82, 2.24) is 0 Å².